The van der Waals surface area contributed by atoms with Gasteiger partial charge in [-0.15, -0.1) is 0 Å². The van der Waals surface area contributed by atoms with Crippen LogP contribution < -0.4 is 16.9 Å². The van der Waals surface area contributed by atoms with Crippen molar-refractivity contribution in [2.75, 3.05) is 0 Å². The fourth-order valence-electron chi connectivity index (χ4n) is 0.958. The SMILES string of the molecule is O=c1[nH]c(=O)c2[nH]c(=O)[nH]c2[nH]1.[KH].[NaH]. The van der Waals surface area contributed by atoms with Crippen molar-refractivity contribution < 1.29 is 0 Å². The quantitative estimate of drug-likeness (QED) is 0.361. The van der Waals surface area contributed by atoms with Crippen molar-refractivity contribution in [3.8, 4) is 0 Å². The molecule has 0 fully saturated rings. The average molecular weight is 232 g/mol. The molecule has 66 valence electrons. The van der Waals surface area contributed by atoms with E-state index in [0.29, 0.717) is 0 Å². The Bertz CT molecular complexity index is 593. The van der Waals surface area contributed by atoms with E-state index in [1.807, 2.05) is 4.98 Å². The molecule has 2 aromatic rings. The Balaban J connectivity index is 0.000000845. The maximum atomic E-state index is 10.9. The molecule has 4 N–H and O–H groups in total. The zero-order chi connectivity index (χ0) is 8.72. The van der Waals surface area contributed by atoms with E-state index < -0.39 is 16.9 Å². The molecule has 0 unspecified atom stereocenters. The molecule has 9 heteroatoms. The van der Waals surface area contributed by atoms with E-state index >= 15 is 0 Å². The van der Waals surface area contributed by atoms with Crippen LogP contribution in [-0.2, 0) is 0 Å². The Morgan fingerprint density at radius 1 is 0.786 bits per heavy atom. The van der Waals surface area contributed by atoms with Gasteiger partial charge >= 0.3 is 92.3 Å². The van der Waals surface area contributed by atoms with E-state index in [-0.39, 0.29) is 92.1 Å². The minimum absolute atomic E-state index is 0. The summed E-state index contributed by atoms with van der Waals surface area (Å²) < 4.78 is 0. The number of fused-ring (bicyclic) bond motifs is 1. The Morgan fingerprint density at radius 2 is 1.29 bits per heavy atom. The third-order valence-electron chi connectivity index (χ3n) is 1.42. The maximum absolute atomic E-state index is 10.9. The van der Waals surface area contributed by atoms with Gasteiger partial charge in [-0.3, -0.25) is 24.7 Å². The number of imidazole rings is 1. The molecule has 14 heavy (non-hydrogen) atoms. The van der Waals surface area contributed by atoms with E-state index in [1.165, 1.54) is 0 Å². The number of aromatic amines is 4. The van der Waals surface area contributed by atoms with Gasteiger partial charge < -0.3 is 0 Å². The summed E-state index contributed by atoms with van der Waals surface area (Å²) in [7, 11) is 0. The van der Waals surface area contributed by atoms with Gasteiger partial charge in [-0.1, -0.05) is 0 Å². The molecule has 0 amide bonds. The Labute approximate surface area is 141 Å². The normalized spacial score (nSPS) is 9.14. The van der Waals surface area contributed by atoms with Crippen molar-refractivity contribution >= 4 is 92.1 Å². The molecule has 0 radical (unpaired) electrons. The topological polar surface area (TPSA) is 114 Å². The van der Waals surface area contributed by atoms with Crippen LogP contribution in [0, 0.1) is 0 Å². The molecular weight excluding hydrogens is 226 g/mol. The molecule has 0 bridgehead atoms. The summed E-state index contributed by atoms with van der Waals surface area (Å²) in [6, 6.07) is 0. The second-order valence-electron chi connectivity index (χ2n) is 2.24. The predicted octanol–water partition coefficient (Wildman–Crippen LogP) is -3.06. The molecule has 7 nitrogen and oxygen atoms in total. The molecule has 2 rings (SSSR count). The van der Waals surface area contributed by atoms with Gasteiger partial charge in [-0.25, -0.2) is 9.59 Å². The molecule has 0 aliphatic heterocycles. The second-order valence-corrected chi connectivity index (χ2v) is 2.24. The molecule has 0 saturated carbocycles. The molecule has 2 heterocycles. The summed E-state index contributed by atoms with van der Waals surface area (Å²) in [6.07, 6.45) is 0. The third-order valence-corrected chi connectivity index (χ3v) is 1.42. The molecule has 0 aromatic carbocycles. The molecule has 0 aliphatic rings. The number of hydrogen-bond acceptors (Lipinski definition) is 3. The van der Waals surface area contributed by atoms with E-state index in [1.54, 1.807) is 0 Å². The summed E-state index contributed by atoms with van der Waals surface area (Å²) in [4.78, 5) is 41.0. The van der Waals surface area contributed by atoms with Gasteiger partial charge in [-0.05, 0) is 0 Å². The van der Waals surface area contributed by atoms with Crippen molar-refractivity contribution in [3.05, 3.63) is 31.3 Å². The Hall–Kier alpha value is 0.586. The van der Waals surface area contributed by atoms with Crippen molar-refractivity contribution in [2.45, 2.75) is 0 Å². The first-order valence-electron chi connectivity index (χ1n) is 3.11. The van der Waals surface area contributed by atoms with Crippen molar-refractivity contribution in [1.82, 2.24) is 19.9 Å². The van der Waals surface area contributed by atoms with Crippen LogP contribution in [-0.4, -0.2) is 101 Å². The van der Waals surface area contributed by atoms with E-state index in [0.717, 1.165) is 0 Å². The molecule has 2 aromatic heterocycles. The number of H-pyrrole nitrogens is 4. The van der Waals surface area contributed by atoms with Crippen LogP contribution in [0.25, 0.3) is 11.2 Å². The van der Waals surface area contributed by atoms with Crippen LogP contribution in [0.15, 0.2) is 14.4 Å². The monoisotopic (exact) mass is 232 g/mol. The number of nitrogens with one attached hydrogen (secondary N) is 4. The fourth-order valence-corrected chi connectivity index (χ4v) is 0.958. The fraction of sp³-hybridized carbons (Fsp3) is 0. The first-order valence-corrected chi connectivity index (χ1v) is 3.11. The van der Waals surface area contributed by atoms with Crippen LogP contribution in [0.2, 0.25) is 0 Å². The van der Waals surface area contributed by atoms with Crippen molar-refractivity contribution in [1.29, 1.82) is 0 Å². The summed E-state index contributed by atoms with van der Waals surface area (Å²) in [5.74, 6) is 0. The van der Waals surface area contributed by atoms with Crippen molar-refractivity contribution in [2.24, 2.45) is 0 Å². The zero-order valence-corrected chi connectivity index (χ0v) is 5.72. The summed E-state index contributed by atoms with van der Waals surface area (Å²) in [5, 5.41) is 0. The Kier molecular flexibility index (Phi) is 5.85. The van der Waals surface area contributed by atoms with Gasteiger partial charge in [0, 0.05) is 0 Å². The van der Waals surface area contributed by atoms with Gasteiger partial charge in [-0.2, -0.15) is 0 Å². The van der Waals surface area contributed by atoms with E-state index in [4.69, 9.17) is 0 Å². The summed E-state index contributed by atoms with van der Waals surface area (Å²) in [6.45, 7) is 0. The predicted molar refractivity (Wildman–Crippen MR) is 54.5 cm³/mol. The van der Waals surface area contributed by atoms with Gasteiger partial charge in [0.2, 0.25) is 0 Å². The number of rotatable bonds is 0. The van der Waals surface area contributed by atoms with Crippen LogP contribution in [0.3, 0.4) is 0 Å². The molecular formula is C5H6KN4NaO3. The number of aromatic nitrogens is 4. The van der Waals surface area contributed by atoms with Crippen LogP contribution in [0.1, 0.15) is 0 Å². The summed E-state index contributed by atoms with van der Waals surface area (Å²) >= 11 is 0. The Morgan fingerprint density at radius 3 is 1.86 bits per heavy atom. The third kappa shape index (κ3) is 2.80. The van der Waals surface area contributed by atoms with Crippen LogP contribution in [0.4, 0.5) is 0 Å². The molecule has 0 saturated heterocycles. The van der Waals surface area contributed by atoms with Gasteiger partial charge in [0.1, 0.15) is 11.2 Å². The minimum atomic E-state index is -0.650. The zero-order valence-electron chi connectivity index (χ0n) is 5.72. The average Bonchev–Trinajstić information content (AvgIpc) is 2.29. The van der Waals surface area contributed by atoms with E-state index in [9.17, 15) is 14.4 Å². The van der Waals surface area contributed by atoms with E-state index in [2.05, 4.69) is 15.0 Å². The standard InChI is InChI=1S/C5H4N4O3.K.Na.2H/c10-3-1-2(7-4(11)6-1)8-5(12)9-3;;;;/h(H4,6,7,8,9,10,11,12);;;;. The first kappa shape index (κ1) is 14.6. The van der Waals surface area contributed by atoms with Crippen LogP contribution in [0.5, 0.6) is 0 Å². The van der Waals surface area contributed by atoms with Crippen molar-refractivity contribution in [3.63, 3.8) is 0 Å². The van der Waals surface area contributed by atoms with Gasteiger partial charge in [0.15, 0.2) is 0 Å². The number of hydrogen-bond donors (Lipinski definition) is 4. The second kappa shape index (κ2) is 5.61. The molecule has 0 spiro atoms. The van der Waals surface area contributed by atoms with Gasteiger partial charge in [0.05, 0.1) is 0 Å². The molecule has 0 aliphatic carbocycles. The van der Waals surface area contributed by atoms with Gasteiger partial charge in [0.25, 0.3) is 5.56 Å². The summed E-state index contributed by atoms with van der Waals surface area (Å²) in [5.41, 5.74) is -1.65. The van der Waals surface area contributed by atoms with Crippen LogP contribution >= 0.6 is 0 Å². The molecule has 0 atom stereocenters. The first-order chi connectivity index (χ1) is 5.66.